The zero-order valence-electron chi connectivity index (χ0n) is 8.47. The fourth-order valence-corrected chi connectivity index (χ4v) is 1.70. The molecule has 0 aromatic heterocycles. The molecule has 1 atom stereocenters. The van der Waals surface area contributed by atoms with E-state index in [2.05, 4.69) is 0 Å². The number of nitrogens with zero attached hydrogens (tertiary/aromatic N) is 1. The third kappa shape index (κ3) is 1.80. The van der Waals surface area contributed by atoms with Gasteiger partial charge < -0.3 is 15.1 Å². The highest BCUT2D eigenvalue weighted by molar-refractivity contribution is 5.96. The molecule has 1 fully saturated rings. The lowest BCUT2D eigenvalue weighted by molar-refractivity contribution is -0.117. The van der Waals surface area contributed by atoms with Gasteiger partial charge in [0.15, 0.2) is 0 Å². The molecule has 0 bridgehead atoms. The summed E-state index contributed by atoms with van der Waals surface area (Å²) in [7, 11) is 0. The van der Waals surface area contributed by atoms with E-state index in [0.29, 0.717) is 12.2 Å². The Labute approximate surface area is 87.8 Å². The molecule has 15 heavy (non-hydrogen) atoms. The molecule has 4 nitrogen and oxygen atoms in total. The van der Waals surface area contributed by atoms with Crippen LogP contribution in [0.4, 0.5) is 5.69 Å². The van der Waals surface area contributed by atoms with E-state index in [-0.39, 0.29) is 18.1 Å². The molecule has 1 aromatic rings. The monoisotopic (exact) mass is 207 g/mol. The van der Waals surface area contributed by atoms with Crippen LogP contribution in [0.15, 0.2) is 18.2 Å². The number of carbonyl (C=O) groups excluding carboxylic acids is 1. The van der Waals surface area contributed by atoms with Crippen molar-refractivity contribution in [2.75, 3.05) is 11.4 Å². The van der Waals surface area contributed by atoms with Crippen LogP contribution in [0.3, 0.4) is 0 Å². The van der Waals surface area contributed by atoms with Gasteiger partial charge in [0.05, 0.1) is 19.1 Å². The molecule has 0 spiro atoms. The Hall–Kier alpha value is -1.55. The maximum atomic E-state index is 11.5. The van der Waals surface area contributed by atoms with Gasteiger partial charge in [0.1, 0.15) is 5.75 Å². The lowest BCUT2D eigenvalue weighted by atomic mass is 10.2. The molecule has 1 aliphatic heterocycles. The van der Waals surface area contributed by atoms with Crippen molar-refractivity contribution in [2.45, 2.75) is 19.4 Å². The van der Waals surface area contributed by atoms with Crippen LogP contribution in [0.5, 0.6) is 5.75 Å². The Balaban J connectivity index is 2.30. The van der Waals surface area contributed by atoms with Crippen LogP contribution in [0.2, 0.25) is 0 Å². The summed E-state index contributed by atoms with van der Waals surface area (Å²) in [4.78, 5) is 13.0. The fourth-order valence-electron chi connectivity index (χ4n) is 1.70. The summed E-state index contributed by atoms with van der Waals surface area (Å²) < 4.78 is 0. The summed E-state index contributed by atoms with van der Waals surface area (Å²) in [6.45, 7) is 2.10. The number of aryl methyl sites for hydroxylation is 1. The van der Waals surface area contributed by atoms with Gasteiger partial charge in [-0.2, -0.15) is 0 Å². The molecule has 0 radical (unpaired) electrons. The summed E-state index contributed by atoms with van der Waals surface area (Å²) in [5.41, 5.74) is 1.41. The number of amides is 1. The van der Waals surface area contributed by atoms with Crippen LogP contribution in [0.1, 0.15) is 12.0 Å². The van der Waals surface area contributed by atoms with E-state index in [1.807, 2.05) is 0 Å². The predicted octanol–water partition coefficient (Wildman–Crippen LogP) is 0.798. The van der Waals surface area contributed by atoms with Crippen LogP contribution in [0, 0.1) is 6.92 Å². The number of hydrogen-bond acceptors (Lipinski definition) is 3. The number of β-amino-alcohol motifs (C(OH)–C–C–N with tert-alkyl or cyclic N) is 1. The number of carbonyl (C=O) groups is 1. The maximum absolute atomic E-state index is 11.5. The normalized spacial score (nSPS) is 21.1. The van der Waals surface area contributed by atoms with E-state index < -0.39 is 6.10 Å². The maximum Gasteiger partial charge on any atom is 0.229 e. The second-order valence-electron chi connectivity index (χ2n) is 3.83. The molecule has 2 rings (SSSR count). The molecule has 1 heterocycles. The van der Waals surface area contributed by atoms with Crippen LogP contribution < -0.4 is 4.90 Å². The number of rotatable bonds is 1. The SMILES string of the molecule is Cc1ccc(N2CC(O)CC2=O)cc1O. The van der Waals surface area contributed by atoms with Gasteiger partial charge in [-0.1, -0.05) is 6.07 Å². The Bertz CT molecular complexity index is 403. The highest BCUT2D eigenvalue weighted by Gasteiger charge is 2.29. The minimum absolute atomic E-state index is 0.106. The molecular formula is C11H13NO3. The van der Waals surface area contributed by atoms with Crippen molar-refractivity contribution in [2.24, 2.45) is 0 Å². The van der Waals surface area contributed by atoms with Gasteiger partial charge in [-0.05, 0) is 18.6 Å². The van der Waals surface area contributed by atoms with Gasteiger partial charge in [-0.15, -0.1) is 0 Å². The number of anilines is 1. The van der Waals surface area contributed by atoms with Crippen LogP contribution in [-0.2, 0) is 4.79 Å². The van der Waals surface area contributed by atoms with Crippen molar-refractivity contribution in [3.05, 3.63) is 23.8 Å². The predicted molar refractivity (Wildman–Crippen MR) is 55.8 cm³/mol. The van der Waals surface area contributed by atoms with Gasteiger partial charge in [0.25, 0.3) is 0 Å². The Morgan fingerprint density at radius 3 is 2.73 bits per heavy atom. The molecule has 4 heteroatoms. The van der Waals surface area contributed by atoms with E-state index in [0.717, 1.165) is 5.56 Å². The average molecular weight is 207 g/mol. The first-order chi connectivity index (χ1) is 7.08. The summed E-state index contributed by atoms with van der Waals surface area (Å²) in [6.07, 6.45) is -0.435. The number of aromatic hydroxyl groups is 1. The molecule has 1 aliphatic rings. The van der Waals surface area contributed by atoms with Crippen LogP contribution >= 0.6 is 0 Å². The van der Waals surface area contributed by atoms with E-state index in [4.69, 9.17) is 0 Å². The van der Waals surface area contributed by atoms with E-state index in [1.54, 1.807) is 25.1 Å². The van der Waals surface area contributed by atoms with Gasteiger partial charge >= 0.3 is 0 Å². The lowest BCUT2D eigenvalue weighted by Gasteiger charge is -2.16. The van der Waals surface area contributed by atoms with Crippen molar-refractivity contribution in [3.63, 3.8) is 0 Å². The van der Waals surface area contributed by atoms with E-state index in [9.17, 15) is 15.0 Å². The topological polar surface area (TPSA) is 60.8 Å². The van der Waals surface area contributed by atoms with Crippen LogP contribution in [0.25, 0.3) is 0 Å². The first-order valence-corrected chi connectivity index (χ1v) is 4.86. The van der Waals surface area contributed by atoms with E-state index >= 15 is 0 Å². The Morgan fingerprint density at radius 1 is 1.47 bits per heavy atom. The largest absolute Gasteiger partial charge is 0.508 e. The third-order valence-electron chi connectivity index (χ3n) is 2.61. The van der Waals surface area contributed by atoms with Crippen molar-refractivity contribution < 1.29 is 15.0 Å². The summed E-state index contributed by atoms with van der Waals surface area (Å²) in [5.74, 6) is 0.0624. The summed E-state index contributed by atoms with van der Waals surface area (Å²) in [5, 5.41) is 18.8. The number of aliphatic hydroxyl groups is 1. The first kappa shape index (κ1) is 9.98. The van der Waals surface area contributed by atoms with Gasteiger partial charge in [-0.25, -0.2) is 0 Å². The lowest BCUT2D eigenvalue weighted by Crippen LogP contribution is -2.25. The van der Waals surface area contributed by atoms with Crippen molar-refractivity contribution in [1.29, 1.82) is 0 Å². The minimum Gasteiger partial charge on any atom is -0.508 e. The van der Waals surface area contributed by atoms with Crippen molar-refractivity contribution in [3.8, 4) is 5.75 Å². The number of hydrogen-bond donors (Lipinski definition) is 2. The van der Waals surface area contributed by atoms with Crippen LogP contribution in [-0.4, -0.2) is 28.8 Å². The molecule has 1 amide bonds. The average Bonchev–Trinajstić information content (AvgIpc) is 2.50. The summed E-state index contributed by atoms with van der Waals surface area (Å²) >= 11 is 0. The van der Waals surface area contributed by atoms with Gasteiger partial charge in [0.2, 0.25) is 5.91 Å². The number of phenols is 1. The molecule has 0 aliphatic carbocycles. The Morgan fingerprint density at radius 2 is 2.20 bits per heavy atom. The van der Waals surface area contributed by atoms with Crippen molar-refractivity contribution >= 4 is 11.6 Å². The molecule has 2 N–H and O–H groups in total. The smallest absolute Gasteiger partial charge is 0.229 e. The first-order valence-electron chi connectivity index (χ1n) is 4.86. The standard InChI is InChI=1S/C11H13NO3/c1-7-2-3-8(4-10(7)14)12-6-9(13)5-11(12)15/h2-4,9,13-14H,5-6H2,1H3. The zero-order valence-corrected chi connectivity index (χ0v) is 8.47. The number of phenolic OH excluding ortho intramolecular Hbond substituents is 1. The molecule has 1 unspecified atom stereocenters. The molecular weight excluding hydrogens is 194 g/mol. The number of aliphatic hydroxyl groups excluding tert-OH is 1. The molecule has 1 aromatic carbocycles. The van der Waals surface area contributed by atoms with Crippen molar-refractivity contribution in [1.82, 2.24) is 0 Å². The number of benzene rings is 1. The fraction of sp³-hybridized carbons (Fsp3) is 0.364. The highest BCUT2D eigenvalue weighted by atomic mass is 16.3. The Kier molecular flexibility index (Phi) is 2.36. The minimum atomic E-state index is -0.596. The van der Waals surface area contributed by atoms with E-state index in [1.165, 1.54) is 4.90 Å². The second-order valence-corrected chi connectivity index (χ2v) is 3.83. The third-order valence-corrected chi connectivity index (χ3v) is 2.61. The second kappa shape index (κ2) is 3.55. The van der Waals surface area contributed by atoms with Gasteiger partial charge in [0, 0.05) is 11.8 Å². The molecule has 80 valence electrons. The molecule has 0 saturated carbocycles. The van der Waals surface area contributed by atoms with Gasteiger partial charge in [-0.3, -0.25) is 4.79 Å². The highest BCUT2D eigenvalue weighted by Crippen LogP contribution is 2.27. The zero-order chi connectivity index (χ0) is 11.0. The summed E-state index contributed by atoms with van der Waals surface area (Å²) in [6, 6.07) is 5.07. The quantitative estimate of drug-likeness (QED) is 0.716. The molecule has 1 saturated heterocycles.